The van der Waals surface area contributed by atoms with Crippen LogP contribution in [0.15, 0.2) is 48.6 Å². The molecule has 0 unspecified atom stereocenters. The number of carbonyl (C=O) groups is 1. The van der Waals surface area contributed by atoms with Crippen molar-refractivity contribution in [2.45, 2.75) is 43.3 Å². The Morgan fingerprint density at radius 1 is 1.10 bits per heavy atom. The van der Waals surface area contributed by atoms with Crippen molar-refractivity contribution in [3.05, 3.63) is 54.1 Å². The van der Waals surface area contributed by atoms with Crippen LogP contribution >= 0.6 is 0 Å². The number of hydrogen-bond donors (Lipinski definition) is 1. The summed E-state index contributed by atoms with van der Waals surface area (Å²) < 4.78 is 38.4. The van der Waals surface area contributed by atoms with Crippen LogP contribution < -0.4 is 5.32 Å². The van der Waals surface area contributed by atoms with Gasteiger partial charge in [0.2, 0.25) is 10.0 Å². The molecule has 3 aliphatic rings. The molecule has 2 aliphatic heterocycles. The second kappa shape index (κ2) is 8.79. The van der Waals surface area contributed by atoms with Crippen LogP contribution in [0, 0.1) is 0 Å². The Balaban J connectivity index is 1.38. The molecule has 2 fully saturated rings. The fraction of sp³-hybridized carbons (Fsp3) is 0.476. The van der Waals surface area contributed by atoms with E-state index in [1.54, 1.807) is 28.6 Å². The molecular formula is C21H26N2O5S. The maximum absolute atomic E-state index is 12.7. The van der Waals surface area contributed by atoms with Crippen molar-refractivity contribution in [3.8, 4) is 0 Å². The minimum Gasteiger partial charge on any atom is -0.368 e. The Labute approximate surface area is 171 Å². The van der Waals surface area contributed by atoms with Crippen molar-refractivity contribution in [1.82, 2.24) is 4.31 Å². The van der Waals surface area contributed by atoms with Crippen LogP contribution in [-0.4, -0.2) is 56.6 Å². The number of benzene rings is 1. The van der Waals surface area contributed by atoms with Crippen LogP contribution in [-0.2, 0) is 30.0 Å². The Morgan fingerprint density at radius 3 is 2.66 bits per heavy atom. The van der Waals surface area contributed by atoms with Crippen LogP contribution in [0.2, 0.25) is 0 Å². The maximum atomic E-state index is 12.7. The van der Waals surface area contributed by atoms with E-state index in [4.69, 9.17) is 9.47 Å². The molecule has 2 saturated heterocycles. The van der Waals surface area contributed by atoms with E-state index >= 15 is 0 Å². The number of allylic oxidation sites excluding steroid dienone is 2. The Morgan fingerprint density at radius 2 is 1.86 bits per heavy atom. The Kier molecular flexibility index (Phi) is 6.15. The molecule has 1 aromatic rings. The van der Waals surface area contributed by atoms with E-state index in [0.717, 1.165) is 19.3 Å². The van der Waals surface area contributed by atoms with Crippen molar-refractivity contribution < 1.29 is 22.7 Å². The van der Waals surface area contributed by atoms with Crippen LogP contribution in [0.1, 0.15) is 24.8 Å². The van der Waals surface area contributed by atoms with Crippen LogP contribution in [0.25, 0.3) is 0 Å². The standard InChI is InChI=1S/C21H26N2O5S/c24-21(20-14-27-18-9-2-3-10-19(18)28-20)22-17-8-6-7-16(13-17)15-29(25,26)23-11-4-1-5-12-23/h2-3,6-10,13,18-20H,1,4-5,11-12,14-15H2,(H,22,24)/t18-,19+,20+/m1/s1. The summed E-state index contributed by atoms with van der Waals surface area (Å²) in [6.07, 6.45) is 9.30. The molecule has 7 nitrogen and oxygen atoms in total. The highest BCUT2D eigenvalue weighted by Gasteiger charge is 2.33. The molecule has 0 spiro atoms. The molecule has 1 aromatic carbocycles. The van der Waals surface area contributed by atoms with Gasteiger partial charge in [-0.25, -0.2) is 12.7 Å². The summed E-state index contributed by atoms with van der Waals surface area (Å²) in [6.45, 7) is 1.35. The third kappa shape index (κ3) is 4.95. The smallest absolute Gasteiger partial charge is 0.255 e. The van der Waals surface area contributed by atoms with Crippen molar-refractivity contribution >= 4 is 21.6 Å². The summed E-state index contributed by atoms with van der Waals surface area (Å²) in [5.41, 5.74) is 1.20. The van der Waals surface area contributed by atoms with E-state index in [1.807, 2.05) is 24.3 Å². The lowest BCUT2D eigenvalue weighted by Gasteiger charge is -2.34. The van der Waals surface area contributed by atoms with Crippen molar-refractivity contribution in [1.29, 1.82) is 0 Å². The van der Waals surface area contributed by atoms with Crippen molar-refractivity contribution in [3.63, 3.8) is 0 Å². The number of amides is 1. The summed E-state index contributed by atoms with van der Waals surface area (Å²) >= 11 is 0. The zero-order valence-electron chi connectivity index (χ0n) is 16.2. The highest BCUT2D eigenvalue weighted by molar-refractivity contribution is 7.88. The van der Waals surface area contributed by atoms with Crippen LogP contribution in [0.4, 0.5) is 5.69 Å². The highest BCUT2D eigenvalue weighted by atomic mass is 32.2. The van der Waals surface area contributed by atoms with E-state index < -0.39 is 16.1 Å². The summed E-state index contributed by atoms with van der Waals surface area (Å²) in [5.74, 6) is -0.372. The number of fused-ring (bicyclic) bond motifs is 1. The summed E-state index contributed by atoms with van der Waals surface area (Å²) in [5, 5.41) is 2.82. The van der Waals surface area contributed by atoms with E-state index in [1.165, 1.54) is 0 Å². The number of piperidine rings is 1. The highest BCUT2D eigenvalue weighted by Crippen LogP contribution is 2.22. The number of anilines is 1. The zero-order chi connectivity index (χ0) is 20.3. The Bertz CT molecular complexity index is 905. The molecule has 2 heterocycles. The quantitative estimate of drug-likeness (QED) is 0.793. The zero-order valence-corrected chi connectivity index (χ0v) is 17.0. The van der Waals surface area contributed by atoms with Crippen molar-refractivity contribution in [2.24, 2.45) is 0 Å². The predicted molar refractivity (Wildman–Crippen MR) is 110 cm³/mol. The third-order valence-corrected chi connectivity index (χ3v) is 7.19. The van der Waals surface area contributed by atoms with Crippen molar-refractivity contribution in [2.75, 3.05) is 25.0 Å². The summed E-state index contributed by atoms with van der Waals surface area (Å²) in [4.78, 5) is 12.6. The third-order valence-electron chi connectivity index (χ3n) is 5.34. The number of sulfonamides is 1. The predicted octanol–water partition coefficient (Wildman–Crippen LogP) is 2.22. The second-order valence-electron chi connectivity index (χ2n) is 7.56. The lowest BCUT2D eigenvalue weighted by atomic mass is 10.1. The molecule has 4 rings (SSSR count). The fourth-order valence-corrected chi connectivity index (χ4v) is 5.41. The van der Waals surface area contributed by atoms with Gasteiger partial charge in [-0.05, 0) is 30.5 Å². The van der Waals surface area contributed by atoms with Gasteiger partial charge in [-0.2, -0.15) is 0 Å². The van der Waals surface area contributed by atoms with Gasteiger partial charge in [0.15, 0.2) is 6.10 Å². The van der Waals surface area contributed by atoms with Crippen LogP contribution in [0.5, 0.6) is 0 Å². The van der Waals surface area contributed by atoms with Gasteiger partial charge in [-0.3, -0.25) is 4.79 Å². The molecule has 156 valence electrons. The molecule has 29 heavy (non-hydrogen) atoms. The first-order valence-electron chi connectivity index (χ1n) is 10.0. The average molecular weight is 419 g/mol. The number of nitrogens with zero attached hydrogens (tertiary/aromatic N) is 1. The topological polar surface area (TPSA) is 84.9 Å². The SMILES string of the molecule is O=C(Nc1cccc(CS(=O)(=O)N2CCCCC2)c1)[C@@H]1CO[C@@H]2C=CC=C[C@@H]2O1. The largest absolute Gasteiger partial charge is 0.368 e. The van der Waals surface area contributed by atoms with Gasteiger partial charge < -0.3 is 14.8 Å². The number of rotatable bonds is 5. The van der Waals surface area contributed by atoms with Gasteiger partial charge in [0, 0.05) is 18.8 Å². The monoisotopic (exact) mass is 418 g/mol. The first-order chi connectivity index (χ1) is 14.0. The Hall–Kier alpha value is -2.00. The van der Waals surface area contributed by atoms with Gasteiger partial charge >= 0.3 is 0 Å². The van der Waals surface area contributed by atoms with Gasteiger partial charge in [0.25, 0.3) is 5.91 Å². The number of ether oxygens (including phenoxy) is 2. The van der Waals surface area contributed by atoms with E-state index in [2.05, 4.69) is 5.32 Å². The van der Waals surface area contributed by atoms with E-state index in [0.29, 0.717) is 24.3 Å². The molecule has 1 N–H and O–H groups in total. The summed E-state index contributed by atoms with van der Waals surface area (Å²) in [7, 11) is -3.35. The molecule has 0 bridgehead atoms. The number of hydrogen-bond acceptors (Lipinski definition) is 5. The van der Waals surface area contributed by atoms with E-state index in [9.17, 15) is 13.2 Å². The van der Waals surface area contributed by atoms with Gasteiger partial charge in [-0.15, -0.1) is 0 Å². The number of nitrogens with one attached hydrogen (secondary N) is 1. The van der Waals surface area contributed by atoms with Gasteiger partial charge in [-0.1, -0.05) is 42.9 Å². The molecule has 3 atom stereocenters. The molecule has 1 aliphatic carbocycles. The normalized spacial score (nSPS) is 27.4. The van der Waals surface area contributed by atoms with Gasteiger partial charge in [0.1, 0.15) is 12.2 Å². The van der Waals surface area contributed by atoms with Gasteiger partial charge in [0.05, 0.1) is 12.4 Å². The first kappa shape index (κ1) is 20.3. The molecular weight excluding hydrogens is 392 g/mol. The second-order valence-corrected chi connectivity index (χ2v) is 9.53. The minimum absolute atomic E-state index is 0.0688. The molecule has 8 heteroatoms. The first-order valence-corrected chi connectivity index (χ1v) is 11.6. The molecule has 0 aromatic heterocycles. The molecule has 0 radical (unpaired) electrons. The van der Waals surface area contributed by atoms with E-state index in [-0.39, 0.29) is 30.5 Å². The fourth-order valence-electron chi connectivity index (χ4n) is 3.81. The lowest BCUT2D eigenvalue weighted by molar-refractivity contribution is -0.164. The van der Waals surface area contributed by atoms with Crippen LogP contribution in [0.3, 0.4) is 0 Å². The average Bonchev–Trinajstić information content (AvgIpc) is 2.74. The number of carbonyl (C=O) groups excluding carboxylic acids is 1. The lowest BCUT2D eigenvalue weighted by Crippen LogP contribution is -2.47. The summed E-state index contributed by atoms with van der Waals surface area (Å²) in [6, 6.07) is 6.96. The molecule has 0 saturated carbocycles. The minimum atomic E-state index is -3.35. The maximum Gasteiger partial charge on any atom is 0.255 e. The molecule has 1 amide bonds.